The minimum Gasteiger partial charge on any atom is -0.496 e. The number of furan rings is 1. The molecule has 0 spiro atoms. The first kappa shape index (κ1) is 20.0. The van der Waals surface area contributed by atoms with Crippen LogP contribution in [0.5, 0.6) is 11.5 Å². The fraction of sp³-hybridized carbons (Fsp3) is 0.182. The Bertz CT molecular complexity index is 951. The molecule has 7 nitrogen and oxygen atoms in total. The van der Waals surface area contributed by atoms with Crippen LogP contribution in [0.25, 0.3) is 0 Å². The summed E-state index contributed by atoms with van der Waals surface area (Å²) in [6.07, 6.45) is 0. The van der Waals surface area contributed by atoms with Crippen molar-refractivity contribution in [2.45, 2.75) is 13.2 Å². The number of amides is 1. The number of esters is 1. The monoisotopic (exact) mass is 395 g/mol. The van der Waals surface area contributed by atoms with Crippen LogP contribution in [0, 0.1) is 0 Å². The van der Waals surface area contributed by atoms with Gasteiger partial charge in [-0.1, -0.05) is 36.4 Å². The fourth-order valence-electron chi connectivity index (χ4n) is 2.53. The van der Waals surface area contributed by atoms with Crippen LogP contribution in [-0.4, -0.2) is 25.6 Å². The van der Waals surface area contributed by atoms with E-state index in [-0.39, 0.29) is 18.9 Å². The molecule has 2 aromatic carbocycles. The van der Waals surface area contributed by atoms with Crippen LogP contribution in [0.15, 0.2) is 71.1 Å². The standard InChI is InChI=1S/C22H21NO6/c1-26-19-10-6-5-7-16(19)13-23-21(24)15-28-22(25)20-12-11-18(29-20)14-27-17-8-3-2-4-9-17/h2-12H,13-15H2,1H3,(H,23,24). The molecule has 150 valence electrons. The predicted octanol–water partition coefficient (Wildman–Crippen LogP) is 3.34. The Morgan fingerprint density at radius 2 is 1.72 bits per heavy atom. The Morgan fingerprint density at radius 1 is 0.966 bits per heavy atom. The molecule has 7 heteroatoms. The van der Waals surface area contributed by atoms with E-state index in [4.69, 9.17) is 18.6 Å². The zero-order valence-electron chi connectivity index (χ0n) is 15.9. The lowest BCUT2D eigenvalue weighted by Gasteiger charge is -2.09. The van der Waals surface area contributed by atoms with Gasteiger partial charge in [0.25, 0.3) is 5.91 Å². The van der Waals surface area contributed by atoms with Gasteiger partial charge in [0.1, 0.15) is 23.9 Å². The minimum absolute atomic E-state index is 0.00851. The highest BCUT2D eigenvalue weighted by Gasteiger charge is 2.15. The van der Waals surface area contributed by atoms with E-state index in [1.165, 1.54) is 6.07 Å². The Balaban J connectivity index is 1.43. The first-order valence-electron chi connectivity index (χ1n) is 8.98. The van der Waals surface area contributed by atoms with Crippen LogP contribution in [0.4, 0.5) is 0 Å². The Morgan fingerprint density at radius 3 is 2.52 bits per heavy atom. The van der Waals surface area contributed by atoms with Crippen LogP contribution >= 0.6 is 0 Å². The highest BCUT2D eigenvalue weighted by molar-refractivity contribution is 5.88. The number of rotatable bonds is 9. The molecular weight excluding hydrogens is 374 g/mol. The SMILES string of the molecule is COc1ccccc1CNC(=O)COC(=O)c1ccc(COc2ccccc2)o1. The Labute approximate surface area is 168 Å². The second-order valence-electron chi connectivity index (χ2n) is 6.03. The third-order valence-electron chi connectivity index (χ3n) is 3.99. The van der Waals surface area contributed by atoms with Gasteiger partial charge in [0.05, 0.1) is 7.11 Å². The zero-order valence-corrected chi connectivity index (χ0v) is 15.9. The van der Waals surface area contributed by atoms with E-state index in [0.29, 0.717) is 17.3 Å². The van der Waals surface area contributed by atoms with Gasteiger partial charge < -0.3 is 23.9 Å². The number of para-hydroxylation sites is 2. The summed E-state index contributed by atoms with van der Waals surface area (Å²) >= 11 is 0. The van der Waals surface area contributed by atoms with Gasteiger partial charge in [-0.3, -0.25) is 4.79 Å². The number of benzene rings is 2. The first-order valence-corrected chi connectivity index (χ1v) is 8.98. The molecule has 0 saturated carbocycles. The number of hydrogen-bond donors (Lipinski definition) is 1. The summed E-state index contributed by atoms with van der Waals surface area (Å²) in [7, 11) is 1.56. The summed E-state index contributed by atoms with van der Waals surface area (Å²) in [6.45, 7) is 0.0311. The highest BCUT2D eigenvalue weighted by Crippen LogP contribution is 2.17. The van der Waals surface area contributed by atoms with Gasteiger partial charge in [0.15, 0.2) is 6.61 Å². The summed E-state index contributed by atoms with van der Waals surface area (Å²) in [4.78, 5) is 24.0. The third kappa shape index (κ3) is 5.87. The number of carbonyl (C=O) groups is 2. The van der Waals surface area contributed by atoms with Crippen LogP contribution in [0.1, 0.15) is 21.9 Å². The van der Waals surface area contributed by atoms with E-state index >= 15 is 0 Å². The lowest BCUT2D eigenvalue weighted by atomic mass is 10.2. The van der Waals surface area contributed by atoms with Gasteiger partial charge in [0.2, 0.25) is 5.76 Å². The summed E-state index contributed by atoms with van der Waals surface area (Å²) in [5.74, 6) is 0.702. The molecule has 0 aliphatic carbocycles. The number of methoxy groups -OCH3 is 1. The van der Waals surface area contributed by atoms with Crippen molar-refractivity contribution in [1.82, 2.24) is 5.32 Å². The van der Waals surface area contributed by atoms with Crippen LogP contribution in [0.2, 0.25) is 0 Å². The van der Waals surface area contributed by atoms with Crippen molar-refractivity contribution in [3.05, 3.63) is 83.8 Å². The Hall–Kier alpha value is -3.74. The number of ether oxygens (including phenoxy) is 3. The molecule has 0 bridgehead atoms. The van der Waals surface area contributed by atoms with Gasteiger partial charge in [-0.25, -0.2) is 4.79 Å². The van der Waals surface area contributed by atoms with E-state index in [1.54, 1.807) is 19.2 Å². The number of nitrogens with one attached hydrogen (secondary N) is 1. The molecule has 0 saturated heterocycles. The lowest BCUT2D eigenvalue weighted by Crippen LogP contribution is -2.28. The molecule has 29 heavy (non-hydrogen) atoms. The quantitative estimate of drug-likeness (QED) is 0.559. The second kappa shape index (κ2) is 9.98. The molecule has 0 radical (unpaired) electrons. The predicted molar refractivity (Wildman–Crippen MR) is 105 cm³/mol. The second-order valence-corrected chi connectivity index (χ2v) is 6.03. The van der Waals surface area contributed by atoms with Gasteiger partial charge in [-0.2, -0.15) is 0 Å². The number of hydrogen-bond acceptors (Lipinski definition) is 6. The molecule has 1 aromatic heterocycles. The Kier molecular flexibility index (Phi) is 6.89. The maximum absolute atomic E-state index is 12.1. The van der Waals surface area contributed by atoms with Crippen molar-refractivity contribution < 1.29 is 28.2 Å². The van der Waals surface area contributed by atoms with Crippen LogP contribution in [0.3, 0.4) is 0 Å². The smallest absolute Gasteiger partial charge is 0.374 e. The topological polar surface area (TPSA) is 87.0 Å². The van der Waals surface area contributed by atoms with E-state index in [0.717, 1.165) is 5.56 Å². The molecule has 0 atom stereocenters. The third-order valence-corrected chi connectivity index (χ3v) is 3.99. The van der Waals surface area contributed by atoms with Crippen molar-refractivity contribution in [1.29, 1.82) is 0 Å². The van der Waals surface area contributed by atoms with Crippen LogP contribution in [-0.2, 0) is 22.7 Å². The van der Waals surface area contributed by atoms with Crippen molar-refractivity contribution >= 4 is 11.9 Å². The van der Waals surface area contributed by atoms with Crippen LogP contribution < -0.4 is 14.8 Å². The van der Waals surface area contributed by atoms with E-state index in [9.17, 15) is 9.59 Å². The van der Waals surface area contributed by atoms with Crippen molar-refractivity contribution in [3.8, 4) is 11.5 Å². The molecule has 0 unspecified atom stereocenters. The fourth-order valence-corrected chi connectivity index (χ4v) is 2.53. The average Bonchev–Trinajstić information content (AvgIpc) is 3.24. The van der Waals surface area contributed by atoms with E-state index in [1.807, 2.05) is 48.5 Å². The maximum Gasteiger partial charge on any atom is 0.374 e. The molecule has 0 aliphatic rings. The number of carbonyl (C=O) groups excluding carboxylic acids is 2. The minimum atomic E-state index is -0.719. The molecule has 0 fully saturated rings. The molecule has 1 amide bonds. The van der Waals surface area contributed by atoms with Crippen molar-refractivity contribution in [2.24, 2.45) is 0 Å². The van der Waals surface area contributed by atoms with E-state index < -0.39 is 18.5 Å². The largest absolute Gasteiger partial charge is 0.496 e. The van der Waals surface area contributed by atoms with Crippen molar-refractivity contribution in [3.63, 3.8) is 0 Å². The summed E-state index contributed by atoms with van der Waals surface area (Å²) < 4.78 is 21.2. The summed E-state index contributed by atoms with van der Waals surface area (Å²) in [6, 6.07) is 19.7. The molecule has 0 aliphatic heterocycles. The van der Waals surface area contributed by atoms with Gasteiger partial charge in [0, 0.05) is 12.1 Å². The summed E-state index contributed by atoms with van der Waals surface area (Å²) in [5.41, 5.74) is 0.823. The molecule has 1 N–H and O–H groups in total. The molecule has 3 rings (SSSR count). The highest BCUT2D eigenvalue weighted by atomic mass is 16.6. The first-order chi connectivity index (χ1) is 14.2. The lowest BCUT2D eigenvalue weighted by molar-refractivity contribution is -0.124. The summed E-state index contributed by atoms with van der Waals surface area (Å²) in [5, 5.41) is 2.68. The van der Waals surface area contributed by atoms with Gasteiger partial charge in [-0.15, -0.1) is 0 Å². The molecule has 3 aromatic rings. The van der Waals surface area contributed by atoms with E-state index in [2.05, 4.69) is 5.32 Å². The molecular formula is C22H21NO6. The zero-order chi connectivity index (χ0) is 20.5. The molecule has 1 heterocycles. The van der Waals surface area contributed by atoms with Crippen molar-refractivity contribution in [2.75, 3.05) is 13.7 Å². The van der Waals surface area contributed by atoms with Gasteiger partial charge >= 0.3 is 5.97 Å². The maximum atomic E-state index is 12.1. The normalized spacial score (nSPS) is 10.2. The average molecular weight is 395 g/mol. The van der Waals surface area contributed by atoms with Gasteiger partial charge in [-0.05, 0) is 30.3 Å².